The maximum Gasteiger partial charge on any atom is 0.329 e. The highest BCUT2D eigenvalue weighted by Crippen LogP contribution is 2.14. The van der Waals surface area contributed by atoms with E-state index in [4.69, 9.17) is 10.2 Å². The zero-order valence-corrected chi connectivity index (χ0v) is 9.60. The number of nitrogen functional groups attached to an aromatic ring is 1. The Bertz CT molecular complexity index is 619. The van der Waals surface area contributed by atoms with Crippen LogP contribution in [0.4, 0.5) is 11.8 Å². The molecule has 0 saturated heterocycles. The normalized spacial score (nSPS) is 11.4. The molecule has 2 heterocycles. The van der Waals surface area contributed by atoms with Gasteiger partial charge in [0.05, 0.1) is 0 Å². The molecule has 2 rings (SSSR count). The van der Waals surface area contributed by atoms with Gasteiger partial charge in [0, 0.05) is 13.1 Å². The van der Waals surface area contributed by atoms with Crippen LogP contribution < -0.4 is 10.5 Å². The quantitative estimate of drug-likeness (QED) is 0.800. The fourth-order valence-electron chi connectivity index (χ4n) is 1.06. The number of nitrogens with one attached hydrogen (secondary N) is 1. The van der Waals surface area contributed by atoms with E-state index in [1.54, 1.807) is 6.92 Å². The third-order valence-corrected chi connectivity index (χ3v) is 3.12. The number of sulfonamides is 1. The molecule has 0 fully saturated rings. The zero-order valence-electron chi connectivity index (χ0n) is 8.78. The third kappa shape index (κ3) is 2.50. The summed E-state index contributed by atoms with van der Waals surface area (Å²) < 4.78 is 30.6. The maximum atomic E-state index is 11.8. The van der Waals surface area contributed by atoms with Crippen molar-refractivity contribution < 1.29 is 12.8 Å². The molecule has 2 aromatic rings. The summed E-state index contributed by atoms with van der Waals surface area (Å²) in [5, 5.41) is 7.02. The zero-order chi connectivity index (χ0) is 12.5. The van der Waals surface area contributed by atoms with E-state index in [2.05, 4.69) is 19.9 Å². The number of nitrogens with two attached hydrogens (primary N) is 1. The summed E-state index contributed by atoms with van der Waals surface area (Å²) in [6.45, 7) is 1.55. The van der Waals surface area contributed by atoms with Gasteiger partial charge in [-0.2, -0.15) is 0 Å². The lowest BCUT2D eigenvalue weighted by Crippen LogP contribution is -2.13. The predicted molar refractivity (Wildman–Crippen MR) is 58.5 cm³/mol. The largest absolute Gasteiger partial charge is 0.408 e. The minimum atomic E-state index is -3.78. The SMILES string of the molecule is Cc1nnc(NS(=O)(=O)c2ccc(N)nc2)o1. The van der Waals surface area contributed by atoms with Gasteiger partial charge in [0.1, 0.15) is 10.7 Å². The Labute approximate surface area is 96.9 Å². The highest BCUT2D eigenvalue weighted by molar-refractivity contribution is 7.92. The van der Waals surface area contributed by atoms with Crippen molar-refractivity contribution in [1.29, 1.82) is 0 Å². The summed E-state index contributed by atoms with van der Waals surface area (Å²) in [6, 6.07) is 2.51. The predicted octanol–water partition coefficient (Wildman–Crippen LogP) is 0.156. The van der Waals surface area contributed by atoms with Crippen LogP contribution in [0.15, 0.2) is 27.6 Å². The van der Waals surface area contributed by atoms with Crippen LogP contribution in [0, 0.1) is 6.92 Å². The van der Waals surface area contributed by atoms with Crippen LogP contribution in [-0.2, 0) is 10.0 Å². The Morgan fingerprint density at radius 3 is 2.65 bits per heavy atom. The van der Waals surface area contributed by atoms with Gasteiger partial charge in [-0.25, -0.2) is 18.1 Å². The Kier molecular flexibility index (Phi) is 2.68. The van der Waals surface area contributed by atoms with Crippen molar-refractivity contribution in [3.05, 3.63) is 24.2 Å². The first-order chi connectivity index (χ1) is 7.97. The Morgan fingerprint density at radius 1 is 1.35 bits per heavy atom. The second kappa shape index (κ2) is 4.01. The van der Waals surface area contributed by atoms with Gasteiger partial charge in [-0.05, 0) is 12.1 Å². The molecule has 8 nitrogen and oxygen atoms in total. The molecule has 0 spiro atoms. The van der Waals surface area contributed by atoms with E-state index in [1.165, 1.54) is 12.1 Å². The van der Waals surface area contributed by atoms with Crippen molar-refractivity contribution in [1.82, 2.24) is 15.2 Å². The van der Waals surface area contributed by atoms with Gasteiger partial charge in [-0.3, -0.25) is 0 Å². The van der Waals surface area contributed by atoms with Crippen molar-refractivity contribution in [2.45, 2.75) is 11.8 Å². The van der Waals surface area contributed by atoms with Crippen molar-refractivity contribution in [3.8, 4) is 0 Å². The molecule has 17 heavy (non-hydrogen) atoms. The molecule has 3 N–H and O–H groups in total. The first-order valence-corrected chi connectivity index (χ1v) is 6.00. The van der Waals surface area contributed by atoms with E-state index in [-0.39, 0.29) is 22.6 Å². The Morgan fingerprint density at radius 2 is 2.12 bits per heavy atom. The number of pyridine rings is 1. The standard InChI is InChI=1S/C8H9N5O3S/c1-5-11-12-8(16-5)13-17(14,15)6-2-3-7(9)10-4-6/h2-4H,1H3,(H2,9,10)(H,12,13). The van der Waals surface area contributed by atoms with Gasteiger partial charge in [0.2, 0.25) is 5.89 Å². The van der Waals surface area contributed by atoms with E-state index in [9.17, 15) is 8.42 Å². The molecule has 0 aliphatic carbocycles. The Hall–Kier alpha value is -2.16. The molecule has 0 aromatic carbocycles. The number of hydrogen-bond donors (Lipinski definition) is 2. The van der Waals surface area contributed by atoms with Gasteiger partial charge < -0.3 is 10.2 Å². The van der Waals surface area contributed by atoms with Crippen molar-refractivity contribution in [2.24, 2.45) is 0 Å². The van der Waals surface area contributed by atoms with Crippen molar-refractivity contribution in [3.63, 3.8) is 0 Å². The van der Waals surface area contributed by atoms with Crippen LogP contribution in [0.2, 0.25) is 0 Å². The minimum Gasteiger partial charge on any atom is -0.408 e. The van der Waals surface area contributed by atoms with E-state index in [1.807, 2.05) is 0 Å². The lowest BCUT2D eigenvalue weighted by atomic mass is 10.5. The van der Waals surface area contributed by atoms with E-state index in [0.717, 1.165) is 6.20 Å². The molecule has 0 bridgehead atoms. The minimum absolute atomic E-state index is 0.0393. The molecule has 0 aliphatic rings. The molecule has 0 atom stereocenters. The summed E-state index contributed by atoms with van der Waals surface area (Å²) in [5.74, 6) is 0.496. The Balaban J connectivity index is 2.28. The molecule has 90 valence electrons. The molecular formula is C8H9N5O3S. The summed E-state index contributed by atoms with van der Waals surface area (Å²) in [4.78, 5) is 3.64. The van der Waals surface area contributed by atoms with Gasteiger partial charge in [0.25, 0.3) is 10.0 Å². The van der Waals surface area contributed by atoms with Crippen LogP contribution in [0.1, 0.15) is 5.89 Å². The second-order valence-corrected chi connectivity index (χ2v) is 4.83. The highest BCUT2D eigenvalue weighted by atomic mass is 32.2. The fourth-order valence-corrected chi connectivity index (χ4v) is 1.93. The molecule has 0 saturated carbocycles. The van der Waals surface area contributed by atoms with Gasteiger partial charge in [-0.1, -0.05) is 5.10 Å². The third-order valence-electron chi connectivity index (χ3n) is 1.82. The molecule has 9 heteroatoms. The van der Waals surface area contributed by atoms with Crippen molar-refractivity contribution >= 4 is 21.9 Å². The lowest BCUT2D eigenvalue weighted by Gasteiger charge is -2.03. The number of rotatable bonds is 3. The van der Waals surface area contributed by atoms with Gasteiger partial charge in [-0.15, -0.1) is 5.10 Å². The van der Waals surface area contributed by atoms with E-state index < -0.39 is 10.0 Å². The average molecular weight is 255 g/mol. The number of hydrogen-bond acceptors (Lipinski definition) is 7. The molecule has 0 radical (unpaired) electrons. The summed E-state index contributed by atoms with van der Waals surface area (Å²) in [5.41, 5.74) is 5.36. The molecule has 0 aliphatic heterocycles. The van der Waals surface area contributed by atoms with Gasteiger partial charge in [0.15, 0.2) is 0 Å². The van der Waals surface area contributed by atoms with Crippen LogP contribution in [0.3, 0.4) is 0 Å². The smallest absolute Gasteiger partial charge is 0.329 e. The maximum absolute atomic E-state index is 11.8. The number of aromatic nitrogens is 3. The molecule has 2 aromatic heterocycles. The number of nitrogens with zero attached hydrogens (tertiary/aromatic N) is 3. The van der Waals surface area contributed by atoms with E-state index >= 15 is 0 Å². The van der Waals surface area contributed by atoms with Crippen LogP contribution in [0.5, 0.6) is 0 Å². The first-order valence-electron chi connectivity index (χ1n) is 4.52. The fraction of sp³-hybridized carbons (Fsp3) is 0.125. The monoisotopic (exact) mass is 255 g/mol. The second-order valence-electron chi connectivity index (χ2n) is 3.15. The van der Waals surface area contributed by atoms with Gasteiger partial charge >= 0.3 is 6.01 Å². The lowest BCUT2D eigenvalue weighted by molar-refractivity contribution is 0.534. The summed E-state index contributed by atoms with van der Waals surface area (Å²) >= 11 is 0. The van der Waals surface area contributed by atoms with Crippen LogP contribution in [0.25, 0.3) is 0 Å². The molecular weight excluding hydrogens is 246 g/mol. The van der Waals surface area contributed by atoms with Crippen molar-refractivity contribution in [2.75, 3.05) is 10.5 Å². The van der Waals surface area contributed by atoms with Crippen LogP contribution >= 0.6 is 0 Å². The molecule has 0 unspecified atom stereocenters. The highest BCUT2D eigenvalue weighted by Gasteiger charge is 2.17. The summed E-state index contributed by atoms with van der Waals surface area (Å²) in [6.07, 6.45) is 1.14. The topological polar surface area (TPSA) is 124 Å². The number of aryl methyl sites for hydroxylation is 1. The average Bonchev–Trinajstić information content (AvgIpc) is 2.63. The van der Waals surface area contributed by atoms with Crippen LogP contribution in [-0.4, -0.2) is 23.6 Å². The first kappa shape index (κ1) is 11.3. The number of anilines is 2. The molecule has 0 amide bonds. The summed E-state index contributed by atoms with van der Waals surface area (Å²) in [7, 11) is -3.78. The van der Waals surface area contributed by atoms with E-state index in [0.29, 0.717) is 0 Å².